The van der Waals surface area contributed by atoms with Gasteiger partial charge in [-0.3, -0.25) is 4.79 Å². The smallest absolute Gasteiger partial charge is 0.227 e. The van der Waals surface area contributed by atoms with Gasteiger partial charge in [0, 0.05) is 74.7 Å². The molecule has 3 aromatic rings. The highest BCUT2D eigenvalue weighted by Crippen LogP contribution is 2.35. The standard InChI is InChI=1S/C22H22FN7O2/c1-13-16-10-26-22(21-24-4-2-5-25-21)27-17(16)3-6-29(13)19-9-15(8-18(23)28-19)30-11-14(12-31)7-20(30)32/h2,4-5,8-10,13-14,31H,3,6-7,11-12H2,1H3. The van der Waals surface area contributed by atoms with E-state index in [-0.39, 0.29) is 30.9 Å². The Morgan fingerprint density at radius 2 is 1.97 bits per heavy atom. The van der Waals surface area contributed by atoms with Crippen molar-refractivity contribution in [3.8, 4) is 11.6 Å². The Hall–Kier alpha value is -3.53. The molecule has 0 radical (unpaired) electrons. The van der Waals surface area contributed by atoms with Gasteiger partial charge in [-0.2, -0.15) is 4.39 Å². The van der Waals surface area contributed by atoms with Crippen molar-refractivity contribution in [2.45, 2.75) is 25.8 Å². The maximum Gasteiger partial charge on any atom is 0.227 e. The van der Waals surface area contributed by atoms with Crippen LogP contribution in [0.1, 0.15) is 30.6 Å². The van der Waals surface area contributed by atoms with Gasteiger partial charge < -0.3 is 14.9 Å². The number of fused-ring (bicyclic) bond motifs is 1. The van der Waals surface area contributed by atoms with Crippen molar-refractivity contribution in [1.82, 2.24) is 24.9 Å². The van der Waals surface area contributed by atoms with E-state index in [9.17, 15) is 14.3 Å². The molecule has 5 rings (SSSR count). The lowest BCUT2D eigenvalue weighted by Crippen LogP contribution is -2.36. The molecule has 0 saturated carbocycles. The average Bonchev–Trinajstić information content (AvgIpc) is 3.20. The Morgan fingerprint density at radius 1 is 1.16 bits per heavy atom. The van der Waals surface area contributed by atoms with Gasteiger partial charge in [0.1, 0.15) is 5.82 Å². The number of halogens is 1. The first-order chi connectivity index (χ1) is 15.5. The second kappa shape index (κ2) is 8.19. The average molecular weight is 435 g/mol. The summed E-state index contributed by atoms with van der Waals surface area (Å²) in [6.45, 7) is 2.88. The molecule has 2 atom stereocenters. The number of aliphatic hydroxyl groups excluding tert-OH is 1. The third kappa shape index (κ3) is 3.66. The van der Waals surface area contributed by atoms with Crippen LogP contribution < -0.4 is 9.80 Å². The summed E-state index contributed by atoms with van der Waals surface area (Å²) >= 11 is 0. The molecule has 3 aromatic heterocycles. The van der Waals surface area contributed by atoms with Crippen LogP contribution in [0.4, 0.5) is 15.9 Å². The van der Waals surface area contributed by atoms with E-state index in [2.05, 4.69) is 24.9 Å². The first-order valence-electron chi connectivity index (χ1n) is 10.5. The van der Waals surface area contributed by atoms with E-state index < -0.39 is 5.95 Å². The number of carbonyl (C=O) groups excluding carboxylic acids is 1. The predicted octanol–water partition coefficient (Wildman–Crippen LogP) is 1.94. The van der Waals surface area contributed by atoms with E-state index >= 15 is 0 Å². The number of hydrogen-bond donors (Lipinski definition) is 1. The fourth-order valence-electron chi connectivity index (χ4n) is 4.33. The van der Waals surface area contributed by atoms with Gasteiger partial charge >= 0.3 is 0 Å². The van der Waals surface area contributed by atoms with Crippen molar-refractivity contribution in [3.05, 3.63) is 54.0 Å². The maximum absolute atomic E-state index is 14.4. The van der Waals surface area contributed by atoms with E-state index in [1.807, 2.05) is 11.8 Å². The fourth-order valence-corrected chi connectivity index (χ4v) is 4.33. The zero-order chi connectivity index (χ0) is 22.2. The van der Waals surface area contributed by atoms with Crippen LogP contribution in [0, 0.1) is 11.9 Å². The second-order valence-corrected chi connectivity index (χ2v) is 8.05. The van der Waals surface area contributed by atoms with E-state index in [4.69, 9.17) is 0 Å². The second-order valence-electron chi connectivity index (χ2n) is 8.05. The van der Waals surface area contributed by atoms with Gasteiger partial charge in [0.25, 0.3) is 0 Å². The number of amides is 1. The number of pyridine rings is 1. The van der Waals surface area contributed by atoms with Gasteiger partial charge in [-0.05, 0) is 13.0 Å². The summed E-state index contributed by atoms with van der Waals surface area (Å²) in [7, 11) is 0. The van der Waals surface area contributed by atoms with Crippen LogP contribution in [-0.4, -0.2) is 55.6 Å². The molecule has 0 aliphatic carbocycles. The number of aliphatic hydroxyl groups is 1. The van der Waals surface area contributed by atoms with Crippen molar-refractivity contribution in [2.24, 2.45) is 5.92 Å². The predicted molar refractivity (Wildman–Crippen MR) is 114 cm³/mol. The summed E-state index contributed by atoms with van der Waals surface area (Å²) in [6.07, 6.45) is 5.95. The third-order valence-electron chi connectivity index (χ3n) is 6.01. The molecule has 9 nitrogen and oxygen atoms in total. The molecule has 0 bridgehead atoms. The SMILES string of the molecule is CC1c2cnc(-c3ncccn3)nc2CCN1c1cc(N2CC(CO)CC2=O)cc(F)n1. The third-order valence-corrected chi connectivity index (χ3v) is 6.01. The molecule has 10 heteroatoms. The Morgan fingerprint density at radius 3 is 2.72 bits per heavy atom. The summed E-state index contributed by atoms with van der Waals surface area (Å²) in [5, 5.41) is 9.39. The molecule has 32 heavy (non-hydrogen) atoms. The van der Waals surface area contributed by atoms with Crippen LogP contribution >= 0.6 is 0 Å². The van der Waals surface area contributed by atoms with Crippen LogP contribution in [-0.2, 0) is 11.2 Å². The highest BCUT2D eigenvalue weighted by molar-refractivity contribution is 5.96. The highest BCUT2D eigenvalue weighted by atomic mass is 19.1. The van der Waals surface area contributed by atoms with Crippen molar-refractivity contribution in [1.29, 1.82) is 0 Å². The van der Waals surface area contributed by atoms with E-state index in [1.165, 1.54) is 11.0 Å². The van der Waals surface area contributed by atoms with Gasteiger partial charge in [-0.25, -0.2) is 24.9 Å². The topological polar surface area (TPSA) is 108 Å². The summed E-state index contributed by atoms with van der Waals surface area (Å²) in [5.74, 6) is 0.488. The van der Waals surface area contributed by atoms with E-state index in [1.54, 1.807) is 30.7 Å². The summed E-state index contributed by atoms with van der Waals surface area (Å²) < 4.78 is 14.4. The zero-order valence-corrected chi connectivity index (χ0v) is 17.5. The van der Waals surface area contributed by atoms with Crippen LogP contribution in [0.15, 0.2) is 36.8 Å². The van der Waals surface area contributed by atoms with Gasteiger partial charge in [0.2, 0.25) is 11.9 Å². The van der Waals surface area contributed by atoms with Crippen LogP contribution in [0.3, 0.4) is 0 Å². The minimum Gasteiger partial charge on any atom is -0.396 e. The van der Waals surface area contributed by atoms with Crippen molar-refractivity contribution >= 4 is 17.4 Å². The largest absolute Gasteiger partial charge is 0.396 e. The molecule has 1 N–H and O–H groups in total. The normalized spacial score (nSPS) is 20.5. The van der Waals surface area contributed by atoms with Crippen LogP contribution in [0.2, 0.25) is 0 Å². The van der Waals surface area contributed by atoms with Gasteiger partial charge in [0.15, 0.2) is 11.6 Å². The van der Waals surface area contributed by atoms with Gasteiger partial charge in [0.05, 0.1) is 17.4 Å². The Kier molecular flexibility index (Phi) is 5.22. The molecule has 0 aromatic carbocycles. The molecule has 1 saturated heterocycles. The lowest BCUT2D eigenvalue weighted by Gasteiger charge is -2.35. The summed E-state index contributed by atoms with van der Waals surface area (Å²) in [6, 6.07) is 4.60. The number of anilines is 2. The molecule has 0 spiro atoms. The molecule has 2 aliphatic heterocycles. The Labute approximate surface area is 184 Å². The van der Waals surface area contributed by atoms with Crippen molar-refractivity contribution in [3.63, 3.8) is 0 Å². The van der Waals surface area contributed by atoms with Gasteiger partial charge in [-0.15, -0.1) is 0 Å². The number of hydrogen-bond acceptors (Lipinski definition) is 8. The van der Waals surface area contributed by atoms with Gasteiger partial charge in [-0.1, -0.05) is 0 Å². The first kappa shape index (κ1) is 20.4. The lowest BCUT2D eigenvalue weighted by molar-refractivity contribution is -0.117. The summed E-state index contributed by atoms with van der Waals surface area (Å²) in [4.78, 5) is 37.5. The number of aromatic nitrogens is 5. The quantitative estimate of drug-likeness (QED) is 0.620. The minimum absolute atomic E-state index is 0.0708. The number of carbonyl (C=O) groups is 1. The molecule has 5 heterocycles. The Bertz CT molecular complexity index is 1160. The molecule has 164 valence electrons. The van der Waals surface area contributed by atoms with E-state index in [0.29, 0.717) is 42.7 Å². The number of rotatable bonds is 4. The van der Waals surface area contributed by atoms with Crippen molar-refractivity contribution in [2.75, 3.05) is 29.5 Å². The molecular formula is C22H22FN7O2. The maximum atomic E-state index is 14.4. The molecule has 2 aliphatic rings. The number of nitrogens with zero attached hydrogens (tertiary/aromatic N) is 7. The molecule has 1 amide bonds. The zero-order valence-electron chi connectivity index (χ0n) is 17.5. The summed E-state index contributed by atoms with van der Waals surface area (Å²) in [5.41, 5.74) is 2.30. The Balaban J connectivity index is 1.43. The highest BCUT2D eigenvalue weighted by Gasteiger charge is 2.32. The first-order valence-corrected chi connectivity index (χ1v) is 10.5. The van der Waals surface area contributed by atoms with Crippen LogP contribution in [0.5, 0.6) is 0 Å². The van der Waals surface area contributed by atoms with Crippen molar-refractivity contribution < 1.29 is 14.3 Å². The monoisotopic (exact) mass is 435 g/mol. The fraction of sp³-hybridized carbons (Fsp3) is 0.364. The van der Waals surface area contributed by atoms with Crippen LogP contribution in [0.25, 0.3) is 11.6 Å². The van der Waals surface area contributed by atoms with E-state index in [0.717, 1.165) is 11.3 Å². The molecular weight excluding hydrogens is 413 g/mol. The molecule has 1 fully saturated rings. The minimum atomic E-state index is -0.649. The molecule has 2 unspecified atom stereocenters. The lowest BCUT2D eigenvalue weighted by atomic mass is 9.99.